The zero-order valence-corrected chi connectivity index (χ0v) is 23.0. The molecule has 1 aliphatic carbocycles. The lowest BCUT2D eigenvalue weighted by molar-refractivity contribution is 0.0878. The lowest BCUT2D eigenvalue weighted by Crippen LogP contribution is -2.29. The van der Waals surface area contributed by atoms with Gasteiger partial charge in [0.2, 0.25) is 5.75 Å². The van der Waals surface area contributed by atoms with E-state index in [0.29, 0.717) is 41.2 Å². The Morgan fingerprint density at radius 3 is 2.27 bits per heavy atom. The Bertz CT molecular complexity index is 1450. The summed E-state index contributed by atoms with van der Waals surface area (Å²) in [6, 6.07) is 7.10. The molecule has 3 unspecified atom stereocenters. The van der Waals surface area contributed by atoms with Crippen LogP contribution in [0.3, 0.4) is 0 Å². The van der Waals surface area contributed by atoms with Crippen LogP contribution in [-0.4, -0.2) is 56.5 Å². The third kappa shape index (κ3) is 3.97. The van der Waals surface area contributed by atoms with Gasteiger partial charge in [-0.1, -0.05) is 6.92 Å². The van der Waals surface area contributed by atoms with Gasteiger partial charge in [0.1, 0.15) is 24.0 Å². The maximum absolute atomic E-state index is 11.9. The molecule has 0 radical (unpaired) electrons. The summed E-state index contributed by atoms with van der Waals surface area (Å²) in [4.78, 5) is 0. The molecular weight excluding hydrogens is 516 g/mol. The van der Waals surface area contributed by atoms with Gasteiger partial charge in [0, 0.05) is 46.0 Å². The average Bonchev–Trinajstić information content (AvgIpc) is 2.96. The lowest BCUT2D eigenvalue weighted by atomic mass is 9.74. The maximum atomic E-state index is 11.9. The van der Waals surface area contributed by atoms with Crippen molar-refractivity contribution in [1.29, 1.82) is 0 Å². The van der Waals surface area contributed by atoms with Crippen molar-refractivity contribution in [2.45, 2.75) is 38.0 Å². The molecule has 3 aliphatic rings. The van der Waals surface area contributed by atoms with Crippen LogP contribution in [0.2, 0.25) is 0 Å². The predicted molar refractivity (Wildman–Crippen MR) is 148 cm³/mol. The van der Waals surface area contributed by atoms with Gasteiger partial charge in [0.05, 0.1) is 39.6 Å². The van der Waals surface area contributed by atoms with E-state index >= 15 is 0 Å². The van der Waals surface area contributed by atoms with Crippen molar-refractivity contribution in [3.63, 3.8) is 0 Å². The number of phenolic OH excluding ortho intramolecular Hbond substituents is 1. The van der Waals surface area contributed by atoms with Gasteiger partial charge in [-0.25, -0.2) is 0 Å². The van der Waals surface area contributed by atoms with E-state index in [2.05, 4.69) is 10.6 Å². The van der Waals surface area contributed by atoms with Crippen molar-refractivity contribution in [3.05, 3.63) is 52.1 Å². The zero-order chi connectivity index (χ0) is 28.1. The van der Waals surface area contributed by atoms with Crippen LogP contribution < -0.4 is 34.3 Å². The molecule has 0 saturated carbocycles. The Labute approximate surface area is 232 Å². The minimum absolute atomic E-state index is 0.0978. The monoisotopic (exact) mass is 550 g/mol. The number of aromatic hydroxyl groups is 1. The number of benzene rings is 3. The lowest BCUT2D eigenvalue weighted by Gasteiger charge is -2.39. The Kier molecular flexibility index (Phi) is 6.77. The highest BCUT2D eigenvalue weighted by Gasteiger charge is 2.41. The molecule has 10 nitrogen and oxygen atoms in total. The van der Waals surface area contributed by atoms with E-state index in [1.54, 1.807) is 19.2 Å². The van der Waals surface area contributed by atoms with Crippen molar-refractivity contribution in [1.82, 2.24) is 5.32 Å². The Balaban J connectivity index is 1.50. The second-order valence-electron chi connectivity index (χ2n) is 10.1. The summed E-state index contributed by atoms with van der Waals surface area (Å²) < 4.78 is 28.8. The molecule has 40 heavy (non-hydrogen) atoms. The van der Waals surface area contributed by atoms with Gasteiger partial charge in [-0.15, -0.1) is 0 Å². The van der Waals surface area contributed by atoms with Crippen LogP contribution in [0.15, 0.2) is 24.3 Å². The van der Waals surface area contributed by atoms with Crippen LogP contribution in [0.4, 0.5) is 5.69 Å². The fraction of sp³-hybridized carbons (Fsp3) is 0.400. The van der Waals surface area contributed by atoms with Gasteiger partial charge in [-0.2, -0.15) is 0 Å². The van der Waals surface area contributed by atoms with Crippen molar-refractivity contribution in [3.8, 4) is 45.6 Å². The molecule has 10 heteroatoms. The van der Waals surface area contributed by atoms with Crippen molar-refractivity contribution in [2.24, 2.45) is 0 Å². The number of phenols is 1. The summed E-state index contributed by atoms with van der Waals surface area (Å²) in [5.41, 5.74) is 6.57. The van der Waals surface area contributed by atoms with Gasteiger partial charge in [0.25, 0.3) is 0 Å². The van der Waals surface area contributed by atoms with Crippen LogP contribution in [-0.2, 0) is 12.8 Å². The molecule has 0 amide bonds. The first-order chi connectivity index (χ1) is 19.4. The topological polar surface area (TPSA) is 131 Å². The number of aliphatic hydroxyl groups is 2. The molecule has 0 saturated heterocycles. The third-order valence-electron chi connectivity index (χ3n) is 8.10. The molecular formula is C30H34N2O8. The smallest absolute Gasteiger partial charge is 0.200 e. The highest BCUT2D eigenvalue weighted by Crippen LogP contribution is 2.57. The van der Waals surface area contributed by atoms with Crippen molar-refractivity contribution >= 4 is 5.69 Å². The van der Waals surface area contributed by atoms with Gasteiger partial charge in [0.15, 0.2) is 17.7 Å². The molecule has 6 rings (SSSR count). The Morgan fingerprint density at radius 1 is 0.900 bits per heavy atom. The predicted octanol–water partition coefficient (Wildman–Crippen LogP) is 3.76. The first kappa shape index (κ1) is 26.4. The minimum Gasteiger partial charge on any atom is -0.502 e. The zero-order valence-electron chi connectivity index (χ0n) is 23.0. The molecule has 0 fully saturated rings. The van der Waals surface area contributed by atoms with E-state index in [9.17, 15) is 15.3 Å². The van der Waals surface area contributed by atoms with Crippen LogP contribution in [0, 0.1) is 0 Å². The van der Waals surface area contributed by atoms with Gasteiger partial charge >= 0.3 is 0 Å². The highest BCUT2D eigenvalue weighted by atomic mass is 16.5. The van der Waals surface area contributed by atoms with Gasteiger partial charge < -0.3 is 44.3 Å². The molecule has 5 N–H and O–H groups in total. The SMILES string of the molecule is CCNCOc1cc(OC)c2c3c1C(O)Nc1cc4c(c(c1-3)CC2)C(O)C(c1cc(OC)c(O)c(OC)c1)CO4. The summed E-state index contributed by atoms with van der Waals surface area (Å²) in [6.07, 6.45) is -0.577. The normalized spacial score (nSPS) is 20.0. The number of nitrogens with one attached hydrogen (secondary N) is 2. The highest BCUT2D eigenvalue weighted by molar-refractivity contribution is 5.93. The number of hydrogen-bond acceptors (Lipinski definition) is 10. The first-order valence-electron chi connectivity index (χ1n) is 13.4. The van der Waals surface area contributed by atoms with E-state index in [1.165, 1.54) is 14.2 Å². The maximum Gasteiger partial charge on any atom is 0.200 e. The average molecular weight is 551 g/mol. The summed E-state index contributed by atoms with van der Waals surface area (Å²) in [7, 11) is 4.58. The number of aliphatic hydroxyl groups excluding tert-OH is 2. The first-order valence-corrected chi connectivity index (χ1v) is 13.4. The van der Waals surface area contributed by atoms with E-state index in [-0.39, 0.29) is 30.6 Å². The van der Waals surface area contributed by atoms with Gasteiger partial charge in [-0.05, 0) is 42.6 Å². The summed E-state index contributed by atoms with van der Waals surface area (Å²) in [5.74, 6) is 1.80. The van der Waals surface area contributed by atoms with Crippen molar-refractivity contribution < 1.29 is 39.0 Å². The van der Waals surface area contributed by atoms with E-state index in [1.807, 2.05) is 19.1 Å². The summed E-state index contributed by atoms with van der Waals surface area (Å²) >= 11 is 0. The van der Waals surface area contributed by atoms with E-state index in [0.717, 1.165) is 40.0 Å². The number of ether oxygens (including phenoxy) is 5. The number of methoxy groups -OCH3 is 3. The largest absolute Gasteiger partial charge is 0.502 e. The standard InChI is InChI=1S/C30H34N2O8/c1-5-31-13-40-21-11-19(36-2)15-6-7-16-24-18(32-30(35)27(21)26(15)24)10-20-25(16)28(33)17(12-39-20)14-8-22(37-3)29(34)23(9-14)38-4/h8-11,17,28,30-35H,5-7,12-13H2,1-4H3. The van der Waals surface area contributed by atoms with Crippen LogP contribution >= 0.6 is 0 Å². The number of anilines is 1. The van der Waals surface area contributed by atoms with Gasteiger partial charge in [-0.3, -0.25) is 5.32 Å². The second-order valence-corrected chi connectivity index (χ2v) is 10.1. The van der Waals surface area contributed by atoms with E-state index < -0.39 is 18.2 Å². The molecule has 0 bridgehead atoms. The summed E-state index contributed by atoms with van der Waals surface area (Å²) in [6.45, 7) is 3.24. The van der Waals surface area contributed by atoms with Crippen LogP contribution in [0.5, 0.6) is 34.5 Å². The van der Waals surface area contributed by atoms with Crippen LogP contribution in [0.25, 0.3) is 11.1 Å². The molecule has 2 heterocycles. The number of hydrogen-bond donors (Lipinski definition) is 5. The third-order valence-corrected chi connectivity index (χ3v) is 8.10. The minimum atomic E-state index is -0.994. The van der Waals surface area contributed by atoms with Crippen molar-refractivity contribution in [2.75, 3.05) is 46.5 Å². The Morgan fingerprint density at radius 2 is 1.60 bits per heavy atom. The molecule has 3 aromatic carbocycles. The van der Waals surface area contributed by atoms with E-state index in [4.69, 9.17) is 23.7 Å². The van der Waals surface area contributed by atoms with Crippen LogP contribution in [0.1, 0.15) is 53.0 Å². The fourth-order valence-corrected chi connectivity index (χ4v) is 6.21. The number of rotatable bonds is 8. The molecule has 3 aromatic rings. The fourth-order valence-electron chi connectivity index (χ4n) is 6.21. The quantitative estimate of drug-likeness (QED) is 0.209. The number of fused-ring (bicyclic) bond motifs is 2. The second kappa shape index (κ2) is 10.3. The molecule has 0 spiro atoms. The molecule has 0 aromatic heterocycles. The molecule has 2 aliphatic heterocycles. The Hall–Kier alpha value is -3.86. The molecule has 3 atom stereocenters. The summed E-state index contributed by atoms with van der Waals surface area (Å²) in [5, 5.41) is 39.9. The molecule has 212 valence electrons.